The smallest absolute Gasteiger partial charge is 0.246 e. The predicted molar refractivity (Wildman–Crippen MR) is 59.0 cm³/mol. The lowest BCUT2D eigenvalue weighted by Crippen LogP contribution is -2.32. The Hall–Kier alpha value is -1.14. The normalized spacial score (nSPS) is 10.2. The third-order valence-electron chi connectivity index (χ3n) is 1.59. The molecule has 0 aliphatic heterocycles. The Kier molecular flexibility index (Phi) is 9.64. The molecule has 0 aromatic carbocycles. The molecule has 0 saturated carbocycles. The Morgan fingerprint density at radius 1 is 1.31 bits per heavy atom. The second-order valence-corrected chi connectivity index (χ2v) is 3.39. The van der Waals surface area contributed by atoms with Crippen molar-refractivity contribution in [2.75, 3.05) is 32.9 Å². The van der Waals surface area contributed by atoms with Gasteiger partial charge in [0.1, 0.15) is 6.61 Å². The maximum atomic E-state index is 11.1. The molecule has 0 unspecified atom stereocenters. The summed E-state index contributed by atoms with van der Waals surface area (Å²) in [5.41, 5.74) is 0. The van der Waals surface area contributed by atoms with Gasteiger partial charge in [0, 0.05) is 13.1 Å². The maximum absolute atomic E-state index is 11.1. The molecule has 0 spiro atoms. The van der Waals surface area contributed by atoms with Crippen LogP contribution in [0.5, 0.6) is 0 Å². The summed E-state index contributed by atoms with van der Waals surface area (Å²) in [6, 6.07) is 0. The van der Waals surface area contributed by atoms with Crippen LogP contribution in [-0.4, -0.2) is 51.3 Å². The van der Waals surface area contributed by atoms with Crippen LogP contribution in [0.3, 0.4) is 0 Å². The summed E-state index contributed by atoms with van der Waals surface area (Å²) in [5, 5.41) is 5.12. The average Bonchev–Trinajstić information content (AvgIpc) is 2.25. The van der Waals surface area contributed by atoms with E-state index in [1.807, 2.05) is 13.8 Å². The van der Waals surface area contributed by atoms with Crippen LogP contribution in [0.15, 0.2) is 0 Å². The van der Waals surface area contributed by atoms with Crippen LogP contribution in [0.25, 0.3) is 0 Å². The number of amides is 2. The van der Waals surface area contributed by atoms with Gasteiger partial charge in [-0.05, 0) is 13.8 Å². The van der Waals surface area contributed by atoms with Crippen molar-refractivity contribution < 1.29 is 19.1 Å². The van der Waals surface area contributed by atoms with E-state index in [0.717, 1.165) is 0 Å². The number of carbonyl (C=O) groups excluding carboxylic acids is 2. The molecule has 0 heterocycles. The molecule has 16 heavy (non-hydrogen) atoms. The Balaban J connectivity index is 3.18. The van der Waals surface area contributed by atoms with Gasteiger partial charge in [0.15, 0.2) is 0 Å². The lowest BCUT2D eigenvalue weighted by atomic mass is 10.5. The van der Waals surface area contributed by atoms with E-state index in [0.29, 0.717) is 32.7 Å². The summed E-state index contributed by atoms with van der Waals surface area (Å²) >= 11 is 0. The summed E-state index contributed by atoms with van der Waals surface area (Å²) in [7, 11) is 0. The van der Waals surface area contributed by atoms with E-state index >= 15 is 0 Å². The molecule has 94 valence electrons. The van der Waals surface area contributed by atoms with Crippen molar-refractivity contribution >= 4 is 12.3 Å². The van der Waals surface area contributed by atoms with Gasteiger partial charge in [0.25, 0.3) is 0 Å². The molecular weight excluding hydrogens is 212 g/mol. The van der Waals surface area contributed by atoms with Gasteiger partial charge in [0.2, 0.25) is 12.3 Å². The summed E-state index contributed by atoms with van der Waals surface area (Å²) in [6.07, 6.45) is 0.672. The van der Waals surface area contributed by atoms with Crippen LogP contribution >= 0.6 is 0 Å². The minimum Gasteiger partial charge on any atom is -0.378 e. The molecule has 0 rings (SSSR count). The molecule has 0 radical (unpaired) electrons. The van der Waals surface area contributed by atoms with Crippen LogP contribution in [-0.2, 0) is 19.1 Å². The van der Waals surface area contributed by atoms with Crippen molar-refractivity contribution in [2.45, 2.75) is 20.0 Å². The number of ether oxygens (including phenoxy) is 2. The first-order chi connectivity index (χ1) is 7.66. The van der Waals surface area contributed by atoms with E-state index < -0.39 is 0 Å². The van der Waals surface area contributed by atoms with E-state index in [-0.39, 0.29) is 18.6 Å². The lowest BCUT2D eigenvalue weighted by molar-refractivity contribution is -0.127. The van der Waals surface area contributed by atoms with Gasteiger partial charge in [-0.3, -0.25) is 9.59 Å². The third kappa shape index (κ3) is 10.9. The van der Waals surface area contributed by atoms with Gasteiger partial charge in [-0.15, -0.1) is 0 Å². The molecule has 6 heteroatoms. The van der Waals surface area contributed by atoms with Crippen molar-refractivity contribution in [1.29, 1.82) is 0 Å². The average molecular weight is 232 g/mol. The fourth-order valence-electron chi connectivity index (χ4n) is 0.848. The highest BCUT2D eigenvalue weighted by atomic mass is 16.5. The highest BCUT2D eigenvalue weighted by Crippen LogP contribution is 1.85. The molecule has 0 aliphatic carbocycles. The van der Waals surface area contributed by atoms with Crippen LogP contribution < -0.4 is 10.6 Å². The van der Waals surface area contributed by atoms with Gasteiger partial charge >= 0.3 is 0 Å². The maximum Gasteiger partial charge on any atom is 0.246 e. The lowest BCUT2D eigenvalue weighted by Gasteiger charge is -2.08. The molecule has 0 saturated heterocycles. The zero-order valence-corrected chi connectivity index (χ0v) is 9.82. The summed E-state index contributed by atoms with van der Waals surface area (Å²) in [5.74, 6) is -0.150. The van der Waals surface area contributed by atoms with Gasteiger partial charge in [-0.2, -0.15) is 0 Å². The van der Waals surface area contributed by atoms with Crippen LogP contribution in [0, 0.1) is 0 Å². The Morgan fingerprint density at radius 2 is 2.00 bits per heavy atom. The van der Waals surface area contributed by atoms with Crippen LogP contribution in [0.1, 0.15) is 13.8 Å². The highest BCUT2D eigenvalue weighted by molar-refractivity contribution is 5.77. The summed E-state index contributed by atoms with van der Waals surface area (Å²) in [4.78, 5) is 21.0. The monoisotopic (exact) mass is 232 g/mol. The van der Waals surface area contributed by atoms with Crippen molar-refractivity contribution in [3.8, 4) is 0 Å². The van der Waals surface area contributed by atoms with E-state index in [4.69, 9.17) is 9.47 Å². The van der Waals surface area contributed by atoms with Gasteiger partial charge in [-0.1, -0.05) is 0 Å². The summed E-state index contributed by atoms with van der Waals surface area (Å²) < 4.78 is 10.2. The molecule has 2 amide bonds. The number of hydrogen-bond donors (Lipinski definition) is 2. The molecule has 0 aliphatic rings. The zero-order chi connectivity index (χ0) is 12.2. The first-order valence-electron chi connectivity index (χ1n) is 5.30. The predicted octanol–water partition coefficient (Wildman–Crippen LogP) is -0.710. The molecule has 6 nitrogen and oxygen atoms in total. The van der Waals surface area contributed by atoms with Gasteiger partial charge < -0.3 is 20.1 Å². The van der Waals surface area contributed by atoms with E-state index in [9.17, 15) is 9.59 Å². The minimum atomic E-state index is -0.150. The third-order valence-corrected chi connectivity index (χ3v) is 1.59. The first-order valence-corrected chi connectivity index (χ1v) is 5.30. The van der Waals surface area contributed by atoms with Gasteiger partial charge in [0.05, 0.1) is 19.3 Å². The van der Waals surface area contributed by atoms with Crippen LogP contribution in [0.2, 0.25) is 0 Å². The van der Waals surface area contributed by atoms with Crippen molar-refractivity contribution in [3.63, 3.8) is 0 Å². The second-order valence-electron chi connectivity index (χ2n) is 3.39. The fraction of sp³-hybridized carbons (Fsp3) is 0.800. The minimum absolute atomic E-state index is 0.0522. The number of carbonyl (C=O) groups is 2. The molecule has 0 atom stereocenters. The number of nitrogens with one attached hydrogen (secondary N) is 2. The Bertz CT molecular complexity index is 197. The van der Waals surface area contributed by atoms with E-state index in [1.54, 1.807) is 0 Å². The Morgan fingerprint density at radius 3 is 2.62 bits per heavy atom. The van der Waals surface area contributed by atoms with Gasteiger partial charge in [-0.25, -0.2) is 0 Å². The fourth-order valence-corrected chi connectivity index (χ4v) is 0.848. The molecule has 0 fully saturated rings. The zero-order valence-electron chi connectivity index (χ0n) is 9.82. The second kappa shape index (κ2) is 10.4. The summed E-state index contributed by atoms with van der Waals surface area (Å²) in [6.45, 7) is 5.61. The molecule has 0 bridgehead atoms. The number of rotatable bonds is 10. The standard InChI is InChI=1S/C10H20N2O4/c1-9(2)16-7-10(14)12-4-6-15-5-3-11-8-13/h8-9H,3-7H2,1-2H3,(H,11,13)(H,12,14). The van der Waals surface area contributed by atoms with Crippen molar-refractivity contribution in [1.82, 2.24) is 10.6 Å². The quantitative estimate of drug-likeness (QED) is 0.385. The SMILES string of the molecule is CC(C)OCC(=O)NCCOCCNC=O. The molecule has 2 N–H and O–H groups in total. The number of hydrogen-bond acceptors (Lipinski definition) is 4. The van der Waals surface area contributed by atoms with Crippen molar-refractivity contribution in [3.05, 3.63) is 0 Å². The Labute approximate surface area is 95.7 Å². The van der Waals surface area contributed by atoms with Crippen LogP contribution in [0.4, 0.5) is 0 Å². The largest absolute Gasteiger partial charge is 0.378 e. The first kappa shape index (κ1) is 14.9. The van der Waals surface area contributed by atoms with E-state index in [2.05, 4.69) is 10.6 Å². The molecule has 0 aromatic rings. The molecule has 0 aromatic heterocycles. The van der Waals surface area contributed by atoms with E-state index in [1.165, 1.54) is 0 Å². The topological polar surface area (TPSA) is 76.7 Å². The highest BCUT2D eigenvalue weighted by Gasteiger charge is 2.01. The van der Waals surface area contributed by atoms with Crippen molar-refractivity contribution in [2.24, 2.45) is 0 Å². The molecular formula is C10H20N2O4.